The first-order valence-electron chi connectivity index (χ1n) is 7.51. The van der Waals surface area contributed by atoms with Crippen LogP contribution in [0.25, 0.3) is 0 Å². The highest BCUT2D eigenvalue weighted by molar-refractivity contribution is 5.27. The average molecular weight is 264 g/mol. The lowest BCUT2D eigenvalue weighted by Gasteiger charge is -2.19. The molecule has 1 aromatic carbocycles. The van der Waals surface area contributed by atoms with Gasteiger partial charge < -0.3 is 9.84 Å². The maximum atomic E-state index is 9.56. The molecule has 0 saturated carbocycles. The van der Waals surface area contributed by atoms with Crippen molar-refractivity contribution in [2.75, 3.05) is 0 Å². The normalized spacial score (nSPS) is 11.6. The van der Waals surface area contributed by atoms with Gasteiger partial charge in [-0.3, -0.25) is 0 Å². The molecule has 0 aliphatic heterocycles. The molecule has 0 fully saturated rings. The second kappa shape index (κ2) is 8.21. The first-order chi connectivity index (χ1) is 9.01. The second-order valence-corrected chi connectivity index (χ2v) is 5.71. The van der Waals surface area contributed by atoms with Gasteiger partial charge in [0.2, 0.25) is 5.79 Å². The summed E-state index contributed by atoms with van der Waals surface area (Å²) in [6.45, 7) is 5.52. The van der Waals surface area contributed by atoms with Crippen LogP contribution in [-0.4, -0.2) is 10.9 Å². The minimum Gasteiger partial charge on any atom is -0.463 e. The van der Waals surface area contributed by atoms with Gasteiger partial charge in [0.15, 0.2) is 0 Å². The number of hydrogen-bond donors (Lipinski definition) is 1. The van der Waals surface area contributed by atoms with Gasteiger partial charge in [0.25, 0.3) is 0 Å². The van der Waals surface area contributed by atoms with Gasteiger partial charge in [0, 0.05) is 13.8 Å². The number of hydrogen-bond acceptors (Lipinski definition) is 2. The SMILES string of the molecule is CCCCCCCCc1ccc(OC(C)(C)O)cc1. The Bertz CT molecular complexity index is 335. The Labute approximate surface area is 117 Å². The smallest absolute Gasteiger partial charge is 0.202 e. The number of aryl methyl sites for hydroxylation is 1. The molecule has 108 valence electrons. The molecule has 1 N–H and O–H groups in total. The van der Waals surface area contributed by atoms with Gasteiger partial charge in [0.05, 0.1) is 0 Å². The van der Waals surface area contributed by atoms with Crippen molar-refractivity contribution in [3.8, 4) is 5.75 Å². The number of aliphatic hydroxyl groups is 1. The summed E-state index contributed by atoms with van der Waals surface area (Å²) < 4.78 is 5.38. The summed E-state index contributed by atoms with van der Waals surface area (Å²) in [6, 6.07) is 8.05. The Kier molecular flexibility index (Phi) is 6.93. The van der Waals surface area contributed by atoms with Crippen LogP contribution in [-0.2, 0) is 6.42 Å². The molecule has 1 aromatic rings. The number of unbranched alkanes of at least 4 members (excludes halogenated alkanes) is 5. The fraction of sp³-hybridized carbons (Fsp3) is 0.647. The Hall–Kier alpha value is -1.02. The molecule has 0 unspecified atom stereocenters. The Morgan fingerprint density at radius 1 is 0.947 bits per heavy atom. The fourth-order valence-electron chi connectivity index (χ4n) is 2.12. The van der Waals surface area contributed by atoms with E-state index in [4.69, 9.17) is 4.74 Å². The first-order valence-corrected chi connectivity index (χ1v) is 7.51. The van der Waals surface area contributed by atoms with Crippen molar-refractivity contribution in [1.82, 2.24) is 0 Å². The molecule has 0 heterocycles. The number of ether oxygens (including phenoxy) is 1. The molecule has 0 bridgehead atoms. The lowest BCUT2D eigenvalue weighted by atomic mass is 10.0. The average Bonchev–Trinajstić information content (AvgIpc) is 2.34. The van der Waals surface area contributed by atoms with E-state index >= 15 is 0 Å². The van der Waals surface area contributed by atoms with Gasteiger partial charge >= 0.3 is 0 Å². The molecule has 0 amide bonds. The van der Waals surface area contributed by atoms with Crippen LogP contribution >= 0.6 is 0 Å². The zero-order valence-electron chi connectivity index (χ0n) is 12.6. The van der Waals surface area contributed by atoms with E-state index in [-0.39, 0.29) is 0 Å². The van der Waals surface area contributed by atoms with Gasteiger partial charge in [-0.2, -0.15) is 0 Å². The summed E-state index contributed by atoms with van der Waals surface area (Å²) in [5.41, 5.74) is 1.35. The van der Waals surface area contributed by atoms with Crippen LogP contribution in [0.1, 0.15) is 64.9 Å². The standard InChI is InChI=1S/C17H28O2/c1-4-5-6-7-8-9-10-15-11-13-16(14-12-15)19-17(2,3)18/h11-14,18H,4-10H2,1-3H3. The lowest BCUT2D eigenvalue weighted by molar-refractivity contribution is -0.104. The van der Waals surface area contributed by atoms with Crippen molar-refractivity contribution < 1.29 is 9.84 Å². The molecule has 2 heteroatoms. The van der Waals surface area contributed by atoms with E-state index in [1.165, 1.54) is 44.1 Å². The third kappa shape index (κ3) is 7.89. The van der Waals surface area contributed by atoms with Crippen molar-refractivity contribution in [3.05, 3.63) is 29.8 Å². The predicted octanol–water partition coefficient (Wildman–Crippen LogP) is 4.70. The molecule has 0 atom stereocenters. The monoisotopic (exact) mass is 264 g/mol. The van der Waals surface area contributed by atoms with Crippen molar-refractivity contribution in [3.63, 3.8) is 0 Å². The summed E-state index contributed by atoms with van der Waals surface area (Å²) in [4.78, 5) is 0. The third-order valence-electron chi connectivity index (χ3n) is 3.11. The zero-order chi connectivity index (χ0) is 14.1. The van der Waals surface area contributed by atoms with Gasteiger partial charge in [-0.05, 0) is 30.5 Å². The molecular formula is C17H28O2. The van der Waals surface area contributed by atoms with Crippen LogP contribution in [0, 0.1) is 0 Å². The number of benzene rings is 1. The van der Waals surface area contributed by atoms with Crippen LogP contribution in [0.15, 0.2) is 24.3 Å². The summed E-state index contributed by atoms with van der Waals surface area (Å²) in [6.07, 6.45) is 9.11. The summed E-state index contributed by atoms with van der Waals surface area (Å²) in [5.74, 6) is -0.389. The highest BCUT2D eigenvalue weighted by Gasteiger charge is 2.13. The quantitative estimate of drug-likeness (QED) is 0.517. The van der Waals surface area contributed by atoms with E-state index in [0.717, 1.165) is 12.2 Å². The Balaban J connectivity index is 2.25. The molecule has 0 aromatic heterocycles. The van der Waals surface area contributed by atoms with Crippen molar-refractivity contribution in [1.29, 1.82) is 0 Å². The fourth-order valence-corrected chi connectivity index (χ4v) is 2.12. The van der Waals surface area contributed by atoms with Gasteiger partial charge in [-0.25, -0.2) is 0 Å². The second-order valence-electron chi connectivity index (χ2n) is 5.71. The summed E-state index contributed by atoms with van der Waals surface area (Å²) in [7, 11) is 0. The maximum Gasteiger partial charge on any atom is 0.202 e. The van der Waals surface area contributed by atoms with Crippen LogP contribution in [0.4, 0.5) is 0 Å². The predicted molar refractivity (Wildman–Crippen MR) is 80.4 cm³/mol. The largest absolute Gasteiger partial charge is 0.463 e. The lowest BCUT2D eigenvalue weighted by Crippen LogP contribution is -2.26. The topological polar surface area (TPSA) is 29.5 Å². The van der Waals surface area contributed by atoms with E-state index in [9.17, 15) is 5.11 Å². The van der Waals surface area contributed by atoms with Crippen molar-refractivity contribution >= 4 is 0 Å². The van der Waals surface area contributed by atoms with Crippen molar-refractivity contribution in [2.45, 2.75) is 71.5 Å². The van der Waals surface area contributed by atoms with E-state index < -0.39 is 5.79 Å². The third-order valence-corrected chi connectivity index (χ3v) is 3.11. The zero-order valence-corrected chi connectivity index (χ0v) is 12.6. The highest BCUT2D eigenvalue weighted by Crippen LogP contribution is 2.18. The maximum absolute atomic E-state index is 9.56. The molecule has 0 radical (unpaired) electrons. The molecular weight excluding hydrogens is 236 g/mol. The van der Waals surface area contributed by atoms with Gasteiger partial charge in [-0.15, -0.1) is 0 Å². The molecule has 0 spiro atoms. The van der Waals surface area contributed by atoms with Crippen LogP contribution in [0.5, 0.6) is 5.75 Å². The molecule has 0 aliphatic carbocycles. The van der Waals surface area contributed by atoms with Gasteiger partial charge in [-0.1, -0.05) is 51.2 Å². The van der Waals surface area contributed by atoms with E-state index in [1.807, 2.05) is 12.1 Å². The highest BCUT2D eigenvalue weighted by atomic mass is 16.6. The minimum absolute atomic E-state index is 0.721. The van der Waals surface area contributed by atoms with E-state index in [1.54, 1.807) is 13.8 Å². The van der Waals surface area contributed by atoms with Crippen LogP contribution in [0.2, 0.25) is 0 Å². The molecule has 1 rings (SSSR count). The Morgan fingerprint density at radius 2 is 1.53 bits per heavy atom. The molecule has 0 aliphatic rings. The number of rotatable bonds is 9. The Morgan fingerprint density at radius 3 is 2.11 bits per heavy atom. The van der Waals surface area contributed by atoms with Crippen molar-refractivity contribution in [2.24, 2.45) is 0 Å². The van der Waals surface area contributed by atoms with Crippen LogP contribution in [0.3, 0.4) is 0 Å². The van der Waals surface area contributed by atoms with Crippen LogP contribution < -0.4 is 4.74 Å². The first kappa shape index (κ1) is 16.0. The van der Waals surface area contributed by atoms with E-state index in [2.05, 4.69) is 19.1 Å². The minimum atomic E-state index is -1.11. The summed E-state index contributed by atoms with van der Waals surface area (Å²) in [5, 5.41) is 9.56. The molecule has 2 nitrogen and oxygen atoms in total. The molecule has 0 saturated heterocycles. The summed E-state index contributed by atoms with van der Waals surface area (Å²) >= 11 is 0. The van der Waals surface area contributed by atoms with Gasteiger partial charge in [0.1, 0.15) is 5.75 Å². The van der Waals surface area contributed by atoms with E-state index in [0.29, 0.717) is 0 Å². The molecule has 19 heavy (non-hydrogen) atoms.